The Morgan fingerprint density at radius 2 is 1.64 bits per heavy atom. The second-order valence-electron chi connectivity index (χ2n) is 5.47. The number of ether oxygens (including phenoxy) is 1. The Hall–Kier alpha value is -2.07. The van der Waals surface area contributed by atoms with Gasteiger partial charge >= 0.3 is 0 Å². The summed E-state index contributed by atoms with van der Waals surface area (Å²) in [4.78, 5) is 0. The van der Waals surface area contributed by atoms with Crippen molar-refractivity contribution >= 4 is 23.0 Å². The van der Waals surface area contributed by atoms with Crippen molar-refractivity contribution in [1.82, 2.24) is 5.32 Å². The lowest BCUT2D eigenvalue weighted by molar-refractivity contribution is 0.414. The highest BCUT2D eigenvalue weighted by molar-refractivity contribution is 7.80. The zero-order valence-corrected chi connectivity index (χ0v) is 14.3. The summed E-state index contributed by atoms with van der Waals surface area (Å²) in [6.07, 6.45) is 0. The van der Waals surface area contributed by atoms with Crippen LogP contribution in [0.4, 0.5) is 5.69 Å². The maximum Gasteiger partial charge on any atom is 0.171 e. The van der Waals surface area contributed by atoms with Gasteiger partial charge in [0.15, 0.2) is 5.11 Å². The van der Waals surface area contributed by atoms with Crippen LogP contribution in [0, 0.1) is 13.8 Å². The first-order valence-corrected chi connectivity index (χ1v) is 7.68. The fourth-order valence-corrected chi connectivity index (χ4v) is 2.68. The van der Waals surface area contributed by atoms with Crippen molar-refractivity contribution < 1.29 is 4.74 Å². The van der Waals surface area contributed by atoms with E-state index in [2.05, 4.69) is 49.6 Å². The van der Waals surface area contributed by atoms with Crippen molar-refractivity contribution in [3.63, 3.8) is 0 Å². The molecule has 0 unspecified atom stereocenters. The number of nitrogens with one attached hydrogen (secondary N) is 2. The van der Waals surface area contributed by atoms with Crippen molar-refractivity contribution in [3.05, 3.63) is 59.2 Å². The van der Waals surface area contributed by atoms with Gasteiger partial charge in [-0.1, -0.05) is 18.2 Å². The van der Waals surface area contributed by atoms with Gasteiger partial charge in [0.2, 0.25) is 0 Å². The van der Waals surface area contributed by atoms with Crippen molar-refractivity contribution in [3.8, 4) is 5.75 Å². The summed E-state index contributed by atoms with van der Waals surface area (Å²) in [6, 6.07) is 14.4. The van der Waals surface area contributed by atoms with E-state index in [4.69, 9.17) is 17.0 Å². The Morgan fingerprint density at radius 3 is 2.18 bits per heavy atom. The summed E-state index contributed by atoms with van der Waals surface area (Å²) in [6.45, 7) is 6.24. The summed E-state index contributed by atoms with van der Waals surface area (Å²) in [5, 5.41) is 7.16. The van der Waals surface area contributed by atoms with Gasteiger partial charge in [-0.2, -0.15) is 0 Å². The highest BCUT2D eigenvalue weighted by Gasteiger charge is 2.07. The quantitative estimate of drug-likeness (QED) is 0.822. The lowest BCUT2D eigenvalue weighted by atomic mass is 10.1. The molecule has 1 atom stereocenters. The molecule has 116 valence electrons. The zero-order chi connectivity index (χ0) is 16.1. The number of hydrogen-bond donors (Lipinski definition) is 2. The Bertz CT molecular complexity index is 632. The van der Waals surface area contributed by atoms with Gasteiger partial charge in [-0.25, -0.2) is 0 Å². The first-order valence-electron chi connectivity index (χ1n) is 7.27. The van der Waals surface area contributed by atoms with Gasteiger partial charge < -0.3 is 15.4 Å². The smallest absolute Gasteiger partial charge is 0.171 e. The predicted octanol–water partition coefficient (Wildman–Crippen LogP) is 4.36. The Morgan fingerprint density at radius 1 is 1.05 bits per heavy atom. The van der Waals surface area contributed by atoms with E-state index in [0.29, 0.717) is 5.11 Å². The van der Waals surface area contributed by atoms with Crippen molar-refractivity contribution in [2.45, 2.75) is 26.8 Å². The summed E-state index contributed by atoms with van der Waals surface area (Å²) >= 11 is 5.40. The van der Waals surface area contributed by atoms with Crippen LogP contribution in [0.5, 0.6) is 5.75 Å². The number of thiocarbonyl (C=S) groups is 1. The molecule has 0 fully saturated rings. The van der Waals surface area contributed by atoms with Gasteiger partial charge in [-0.05, 0) is 73.9 Å². The van der Waals surface area contributed by atoms with Crippen LogP contribution in [-0.4, -0.2) is 12.2 Å². The van der Waals surface area contributed by atoms with Crippen LogP contribution >= 0.6 is 12.2 Å². The molecule has 2 aromatic carbocycles. The molecule has 4 heteroatoms. The second kappa shape index (κ2) is 7.27. The first-order chi connectivity index (χ1) is 10.5. The molecule has 0 radical (unpaired) electrons. The number of methoxy groups -OCH3 is 1. The molecular weight excluding hydrogens is 292 g/mol. The molecule has 2 N–H and O–H groups in total. The lowest BCUT2D eigenvalue weighted by Gasteiger charge is -2.18. The van der Waals surface area contributed by atoms with Gasteiger partial charge in [0.1, 0.15) is 5.75 Å². The molecule has 0 heterocycles. The highest BCUT2D eigenvalue weighted by Crippen LogP contribution is 2.18. The topological polar surface area (TPSA) is 33.3 Å². The third-order valence-electron chi connectivity index (χ3n) is 3.44. The number of anilines is 1. The van der Waals surface area contributed by atoms with E-state index in [-0.39, 0.29) is 6.04 Å². The fraction of sp³-hybridized carbons (Fsp3) is 0.278. The average Bonchev–Trinajstić information content (AvgIpc) is 2.46. The molecule has 0 amide bonds. The van der Waals surface area contributed by atoms with Crippen LogP contribution in [0.1, 0.15) is 29.7 Å². The van der Waals surface area contributed by atoms with Crippen molar-refractivity contribution in [2.24, 2.45) is 0 Å². The van der Waals surface area contributed by atoms with E-state index in [1.807, 2.05) is 24.3 Å². The van der Waals surface area contributed by atoms with Gasteiger partial charge in [0.05, 0.1) is 13.2 Å². The maximum atomic E-state index is 5.40. The van der Waals surface area contributed by atoms with E-state index < -0.39 is 0 Å². The van der Waals surface area contributed by atoms with Crippen LogP contribution in [-0.2, 0) is 0 Å². The van der Waals surface area contributed by atoms with E-state index >= 15 is 0 Å². The number of aryl methyl sites for hydroxylation is 2. The minimum Gasteiger partial charge on any atom is -0.497 e. The maximum absolute atomic E-state index is 5.40. The molecule has 0 saturated heterocycles. The second-order valence-corrected chi connectivity index (χ2v) is 5.88. The lowest BCUT2D eigenvalue weighted by Crippen LogP contribution is -2.30. The van der Waals surface area contributed by atoms with Crippen LogP contribution in [0.25, 0.3) is 0 Å². The van der Waals surface area contributed by atoms with E-state index in [0.717, 1.165) is 17.0 Å². The van der Waals surface area contributed by atoms with E-state index in [1.54, 1.807) is 7.11 Å². The molecule has 3 nitrogen and oxygen atoms in total. The van der Waals surface area contributed by atoms with E-state index in [1.165, 1.54) is 11.1 Å². The molecule has 0 aromatic heterocycles. The Kier molecular flexibility index (Phi) is 5.39. The Balaban J connectivity index is 1.98. The normalized spacial score (nSPS) is 11.6. The summed E-state index contributed by atoms with van der Waals surface area (Å²) in [7, 11) is 1.67. The van der Waals surface area contributed by atoms with Crippen molar-refractivity contribution in [1.29, 1.82) is 0 Å². The minimum absolute atomic E-state index is 0.122. The molecular formula is C18H22N2OS. The predicted molar refractivity (Wildman–Crippen MR) is 96.7 cm³/mol. The summed E-state index contributed by atoms with van der Waals surface area (Å²) in [5.41, 5.74) is 4.60. The van der Waals surface area contributed by atoms with Crippen molar-refractivity contribution in [2.75, 3.05) is 12.4 Å². The highest BCUT2D eigenvalue weighted by atomic mass is 32.1. The average molecular weight is 314 g/mol. The fourth-order valence-electron chi connectivity index (χ4n) is 2.39. The van der Waals surface area contributed by atoms with Crippen LogP contribution in [0.2, 0.25) is 0 Å². The molecule has 2 rings (SSSR count). The third kappa shape index (κ3) is 4.46. The molecule has 22 heavy (non-hydrogen) atoms. The number of benzene rings is 2. The standard InChI is InChI=1S/C18H22N2OS/c1-12-9-13(2)11-16(10-12)20-18(22)19-14(3)15-5-7-17(21-4)8-6-15/h5-11,14H,1-4H3,(H2,19,20,22)/t14-/m1/s1. The molecule has 0 aliphatic rings. The van der Waals surface area contributed by atoms with E-state index in [9.17, 15) is 0 Å². The zero-order valence-electron chi connectivity index (χ0n) is 13.4. The summed E-state index contributed by atoms with van der Waals surface area (Å²) < 4.78 is 5.17. The largest absolute Gasteiger partial charge is 0.497 e. The van der Waals surface area contributed by atoms with Gasteiger partial charge in [0.25, 0.3) is 0 Å². The van der Waals surface area contributed by atoms with Crippen LogP contribution in [0.3, 0.4) is 0 Å². The Labute approximate surface area is 137 Å². The molecule has 2 aromatic rings. The number of hydrogen-bond acceptors (Lipinski definition) is 2. The third-order valence-corrected chi connectivity index (χ3v) is 3.66. The molecule has 0 aliphatic heterocycles. The van der Waals surface area contributed by atoms with Crippen LogP contribution in [0.15, 0.2) is 42.5 Å². The van der Waals surface area contributed by atoms with Crippen LogP contribution < -0.4 is 15.4 Å². The molecule has 0 saturated carbocycles. The first kappa shape index (κ1) is 16.3. The minimum atomic E-state index is 0.122. The van der Waals surface area contributed by atoms with Gasteiger partial charge in [-0.15, -0.1) is 0 Å². The van der Waals surface area contributed by atoms with Gasteiger partial charge in [-0.3, -0.25) is 0 Å². The van der Waals surface area contributed by atoms with Gasteiger partial charge in [0, 0.05) is 5.69 Å². The number of rotatable bonds is 4. The monoisotopic (exact) mass is 314 g/mol. The molecule has 0 spiro atoms. The molecule has 0 aliphatic carbocycles. The molecule has 0 bridgehead atoms. The SMILES string of the molecule is COc1ccc([C@@H](C)NC(=S)Nc2cc(C)cc(C)c2)cc1. The summed E-state index contributed by atoms with van der Waals surface area (Å²) in [5.74, 6) is 0.854.